The Kier molecular flexibility index (Phi) is 3.65. The van der Waals surface area contributed by atoms with E-state index in [9.17, 15) is 0 Å². The fraction of sp³-hybridized carbons (Fsp3) is 0.0714. The quantitative estimate of drug-likeness (QED) is 0.803. The molecular formula is C14H9Cl2N5. The highest BCUT2D eigenvalue weighted by Crippen LogP contribution is 2.25. The lowest BCUT2D eigenvalue weighted by Gasteiger charge is -2.09. The Morgan fingerprint density at radius 3 is 2.90 bits per heavy atom. The Morgan fingerprint density at radius 1 is 1.24 bits per heavy atom. The molecule has 1 aromatic carbocycles. The zero-order valence-electron chi connectivity index (χ0n) is 10.7. The lowest BCUT2D eigenvalue weighted by atomic mass is 10.2. The molecule has 0 atom stereocenters. The van der Waals surface area contributed by atoms with Crippen molar-refractivity contribution >= 4 is 23.2 Å². The number of nitrogens with one attached hydrogen (secondary N) is 1. The van der Waals surface area contributed by atoms with Gasteiger partial charge in [-0.25, -0.2) is 0 Å². The maximum atomic E-state index is 9.05. The van der Waals surface area contributed by atoms with Crippen LogP contribution in [-0.2, 0) is 6.54 Å². The third kappa shape index (κ3) is 2.64. The van der Waals surface area contributed by atoms with E-state index in [1.54, 1.807) is 12.1 Å². The third-order valence-corrected chi connectivity index (χ3v) is 3.68. The van der Waals surface area contributed by atoms with Crippen LogP contribution in [0, 0.1) is 11.3 Å². The van der Waals surface area contributed by atoms with Gasteiger partial charge in [0.05, 0.1) is 5.69 Å². The highest BCUT2D eigenvalue weighted by molar-refractivity contribution is 6.33. The molecular weight excluding hydrogens is 309 g/mol. The van der Waals surface area contributed by atoms with E-state index in [0.29, 0.717) is 22.3 Å². The van der Waals surface area contributed by atoms with Crippen LogP contribution >= 0.6 is 23.2 Å². The molecule has 0 fully saturated rings. The number of rotatable bonds is 3. The zero-order valence-corrected chi connectivity index (χ0v) is 12.2. The van der Waals surface area contributed by atoms with Gasteiger partial charge in [0, 0.05) is 22.8 Å². The van der Waals surface area contributed by atoms with Gasteiger partial charge < -0.3 is 4.57 Å². The molecule has 21 heavy (non-hydrogen) atoms. The van der Waals surface area contributed by atoms with Gasteiger partial charge in [0.1, 0.15) is 11.8 Å². The molecule has 0 aliphatic rings. The molecule has 0 amide bonds. The van der Waals surface area contributed by atoms with Crippen molar-refractivity contribution in [1.82, 2.24) is 20.0 Å². The third-order valence-electron chi connectivity index (χ3n) is 3.07. The van der Waals surface area contributed by atoms with Gasteiger partial charge in [-0.3, -0.25) is 0 Å². The van der Waals surface area contributed by atoms with Crippen LogP contribution in [0.15, 0.2) is 36.5 Å². The molecule has 0 spiro atoms. The van der Waals surface area contributed by atoms with Crippen LogP contribution in [-0.4, -0.2) is 20.0 Å². The minimum Gasteiger partial charge on any atom is -0.342 e. The molecule has 0 aliphatic heterocycles. The van der Waals surface area contributed by atoms with Crippen molar-refractivity contribution in [2.24, 2.45) is 0 Å². The zero-order chi connectivity index (χ0) is 14.8. The van der Waals surface area contributed by atoms with Crippen LogP contribution in [0.1, 0.15) is 11.3 Å². The molecule has 0 bridgehead atoms. The van der Waals surface area contributed by atoms with Crippen LogP contribution in [0.2, 0.25) is 10.0 Å². The maximum Gasteiger partial charge on any atom is 0.191 e. The van der Waals surface area contributed by atoms with Gasteiger partial charge in [-0.15, -0.1) is 5.10 Å². The lowest BCUT2D eigenvalue weighted by molar-refractivity contribution is 0.810. The monoisotopic (exact) mass is 317 g/mol. The topological polar surface area (TPSA) is 70.3 Å². The second-order valence-electron chi connectivity index (χ2n) is 4.39. The summed E-state index contributed by atoms with van der Waals surface area (Å²) >= 11 is 12.2. The van der Waals surface area contributed by atoms with E-state index in [1.165, 1.54) is 0 Å². The Hall–Kier alpha value is -2.29. The summed E-state index contributed by atoms with van der Waals surface area (Å²) in [4.78, 5) is 0. The van der Waals surface area contributed by atoms with Crippen LogP contribution < -0.4 is 0 Å². The van der Waals surface area contributed by atoms with Crippen molar-refractivity contribution in [2.45, 2.75) is 6.54 Å². The molecule has 0 unspecified atom stereocenters. The molecule has 0 aliphatic carbocycles. The second-order valence-corrected chi connectivity index (χ2v) is 5.23. The first-order chi connectivity index (χ1) is 10.2. The molecule has 2 heterocycles. The maximum absolute atomic E-state index is 9.05. The molecule has 3 rings (SSSR count). The van der Waals surface area contributed by atoms with Gasteiger partial charge in [-0.1, -0.05) is 23.2 Å². The molecule has 0 radical (unpaired) electrons. The van der Waals surface area contributed by atoms with Crippen molar-refractivity contribution in [3.63, 3.8) is 0 Å². The standard InChI is InChI=1S/C14H9Cl2N5/c15-10-3-4-11(16)9(6-10)8-21-5-1-2-13(21)14-12(7-17)18-20-19-14/h1-6H,8H2,(H,18,19,20). The van der Waals surface area contributed by atoms with Crippen molar-refractivity contribution in [1.29, 1.82) is 5.26 Å². The Morgan fingerprint density at radius 2 is 2.10 bits per heavy atom. The molecule has 3 aromatic rings. The first-order valence-electron chi connectivity index (χ1n) is 6.09. The van der Waals surface area contributed by atoms with E-state index in [-0.39, 0.29) is 5.69 Å². The number of benzene rings is 1. The minimum absolute atomic E-state index is 0.257. The molecule has 0 saturated heterocycles. The van der Waals surface area contributed by atoms with Gasteiger partial charge >= 0.3 is 0 Å². The Balaban J connectivity index is 2.01. The summed E-state index contributed by atoms with van der Waals surface area (Å²) < 4.78 is 1.94. The Labute approximate surface area is 130 Å². The highest BCUT2D eigenvalue weighted by Gasteiger charge is 2.14. The van der Waals surface area contributed by atoms with Crippen molar-refractivity contribution < 1.29 is 0 Å². The number of nitrogens with zero attached hydrogens (tertiary/aromatic N) is 4. The number of hydrogen-bond donors (Lipinski definition) is 1. The van der Waals surface area contributed by atoms with E-state index in [1.807, 2.05) is 35.0 Å². The van der Waals surface area contributed by atoms with Crippen LogP contribution in [0.5, 0.6) is 0 Å². The van der Waals surface area contributed by atoms with Crippen LogP contribution in [0.4, 0.5) is 0 Å². The number of halogens is 2. The summed E-state index contributed by atoms with van der Waals surface area (Å²) in [6, 6.07) is 11.1. The summed E-state index contributed by atoms with van der Waals surface area (Å²) in [7, 11) is 0. The first-order valence-corrected chi connectivity index (χ1v) is 6.85. The fourth-order valence-corrected chi connectivity index (χ4v) is 2.47. The number of aromatic amines is 1. The molecule has 7 heteroatoms. The average Bonchev–Trinajstić information content (AvgIpc) is 3.10. The van der Waals surface area contributed by atoms with Gasteiger partial charge in [0.2, 0.25) is 0 Å². The predicted molar refractivity (Wildman–Crippen MR) is 80.1 cm³/mol. The minimum atomic E-state index is 0.257. The SMILES string of the molecule is N#Cc1n[nH]nc1-c1cccn1Cc1cc(Cl)ccc1Cl. The fourth-order valence-electron chi connectivity index (χ4n) is 2.10. The van der Waals surface area contributed by atoms with E-state index < -0.39 is 0 Å². The molecule has 2 aromatic heterocycles. The van der Waals surface area contributed by atoms with Gasteiger partial charge in [0.25, 0.3) is 0 Å². The van der Waals surface area contributed by atoms with Crippen LogP contribution in [0.3, 0.4) is 0 Å². The van der Waals surface area contributed by atoms with Gasteiger partial charge in [-0.05, 0) is 35.9 Å². The lowest BCUT2D eigenvalue weighted by Crippen LogP contribution is -2.02. The average molecular weight is 318 g/mol. The summed E-state index contributed by atoms with van der Waals surface area (Å²) in [5, 5.41) is 20.6. The van der Waals surface area contributed by atoms with Crippen molar-refractivity contribution in [3.8, 4) is 17.5 Å². The summed E-state index contributed by atoms with van der Waals surface area (Å²) in [6.07, 6.45) is 1.89. The Bertz CT molecular complexity index is 828. The number of H-pyrrole nitrogens is 1. The van der Waals surface area contributed by atoms with Gasteiger partial charge in [-0.2, -0.15) is 15.6 Å². The second kappa shape index (κ2) is 5.60. The first kappa shape index (κ1) is 13.7. The van der Waals surface area contributed by atoms with E-state index in [0.717, 1.165) is 11.3 Å². The predicted octanol–water partition coefficient (Wildman–Crippen LogP) is 3.50. The number of aromatic nitrogens is 4. The smallest absolute Gasteiger partial charge is 0.191 e. The number of nitriles is 1. The van der Waals surface area contributed by atoms with Crippen molar-refractivity contribution in [2.75, 3.05) is 0 Å². The highest BCUT2D eigenvalue weighted by atomic mass is 35.5. The molecule has 104 valence electrons. The summed E-state index contributed by atoms with van der Waals surface area (Å²) in [5.41, 5.74) is 2.45. The van der Waals surface area contributed by atoms with Crippen LogP contribution in [0.25, 0.3) is 11.4 Å². The van der Waals surface area contributed by atoms with E-state index >= 15 is 0 Å². The summed E-state index contributed by atoms with van der Waals surface area (Å²) in [6.45, 7) is 0.527. The van der Waals surface area contributed by atoms with E-state index in [4.69, 9.17) is 28.5 Å². The normalized spacial score (nSPS) is 10.5. The van der Waals surface area contributed by atoms with Gasteiger partial charge in [0.15, 0.2) is 5.69 Å². The molecule has 0 saturated carbocycles. The van der Waals surface area contributed by atoms with Crippen molar-refractivity contribution in [3.05, 3.63) is 57.8 Å². The number of hydrogen-bond acceptors (Lipinski definition) is 3. The molecule has 5 nitrogen and oxygen atoms in total. The van der Waals surface area contributed by atoms with E-state index in [2.05, 4.69) is 15.4 Å². The largest absolute Gasteiger partial charge is 0.342 e. The summed E-state index contributed by atoms with van der Waals surface area (Å²) in [5.74, 6) is 0. The molecule has 1 N–H and O–H groups in total.